The van der Waals surface area contributed by atoms with Crippen molar-refractivity contribution in [2.24, 2.45) is 0 Å². The molecule has 1 aromatic rings. The molecule has 1 aromatic carbocycles. The highest BCUT2D eigenvalue weighted by Crippen LogP contribution is 2.34. The van der Waals surface area contributed by atoms with Crippen LogP contribution >= 0.6 is 35.6 Å². The van der Waals surface area contributed by atoms with Gasteiger partial charge in [-0.15, -0.1) is 0 Å². The van der Waals surface area contributed by atoms with Crippen LogP contribution in [0.25, 0.3) is 6.08 Å². The van der Waals surface area contributed by atoms with Crippen LogP contribution in [0.1, 0.15) is 37.7 Å². The number of amides is 2. The van der Waals surface area contributed by atoms with E-state index < -0.39 is 0 Å². The molecular weight excluding hydrogens is 416 g/mol. The first-order chi connectivity index (χ1) is 13.5. The average Bonchev–Trinajstić information content (AvgIpc) is 2.95. The summed E-state index contributed by atoms with van der Waals surface area (Å²) in [6.07, 6.45) is 5.56. The number of aliphatic hydroxyl groups excluding tert-OH is 1. The molecule has 8 heteroatoms. The van der Waals surface area contributed by atoms with E-state index in [1.54, 1.807) is 12.1 Å². The first kappa shape index (κ1) is 21.3. The Morgan fingerprint density at radius 1 is 1.36 bits per heavy atom. The van der Waals surface area contributed by atoms with Gasteiger partial charge in [-0.25, -0.2) is 0 Å². The Morgan fingerprint density at radius 3 is 2.89 bits per heavy atom. The predicted octanol–water partition coefficient (Wildman–Crippen LogP) is 3.69. The first-order valence-electron chi connectivity index (χ1n) is 9.41. The number of carbonyl (C=O) groups is 2. The normalized spacial score (nSPS) is 21.6. The molecule has 0 radical (unpaired) electrons. The van der Waals surface area contributed by atoms with E-state index >= 15 is 0 Å². The van der Waals surface area contributed by atoms with Crippen molar-refractivity contribution in [1.82, 2.24) is 9.80 Å². The molecule has 150 valence electrons. The van der Waals surface area contributed by atoms with Crippen molar-refractivity contribution in [1.29, 1.82) is 0 Å². The second-order valence-corrected chi connectivity index (χ2v) is 8.94. The van der Waals surface area contributed by atoms with Crippen molar-refractivity contribution >= 4 is 57.8 Å². The molecule has 0 aliphatic carbocycles. The van der Waals surface area contributed by atoms with Crippen LogP contribution in [0.5, 0.6) is 0 Å². The SMILES string of the molecule is O=C1/C(=C/c2ccccc2Cl)SC(=S)N1CCC(=O)N1CCCC[C@@H]1CCO. The number of hydrogen-bond donors (Lipinski definition) is 1. The van der Waals surface area contributed by atoms with Gasteiger partial charge in [-0.1, -0.05) is 53.8 Å². The number of benzene rings is 1. The number of piperidine rings is 1. The summed E-state index contributed by atoms with van der Waals surface area (Å²) >= 11 is 12.8. The van der Waals surface area contributed by atoms with Crippen molar-refractivity contribution in [2.75, 3.05) is 19.7 Å². The Morgan fingerprint density at radius 2 is 2.14 bits per heavy atom. The lowest BCUT2D eigenvalue weighted by Gasteiger charge is -2.36. The number of nitrogens with zero attached hydrogens (tertiary/aromatic N) is 2. The maximum absolute atomic E-state index is 12.7. The number of aliphatic hydroxyl groups is 1. The smallest absolute Gasteiger partial charge is 0.266 e. The molecule has 1 atom stereocenters. The monoisotopic (exact) mass is 438 g/mol. The van der Waals surface area contributed by atoms with Gasteiger partial charge in [0.1, 0.15) is 4.32 Å². The summed E-state index contributed by atoms with van der Waals surface area (Å²) in [4.78, 5) is 29.3. The lowest BCUT2D eigenvalue weighted by atomic mass is 9.99. The molecule has 5 nitrogen and oxygen atoms in total. The molecule has 1 N–H and O–H groups in total. The van der Waals surface area contributed by atoms with Crippen molar-refractivity contribution in [2.45, 2.75) is 38.1 Å². The summed E-state index contributed by atoms with van der Waals surface area (Å²) in [5.74, 6) is -0.171. The van der Waals surface area contributed by atoms with Gasteiger partial charge < -0.3 is 10.0 Å². The maximum Gasteiger partial charge on any atom is 0.266 e. The minimum atomic E-state index is -0.187. The molecule has 0 aromatic heterocycles. The van der Waals surface area contributed by atoms with E-state index in [1.165, 1.54) is 16.7 Å². The van der Waals surface area contributed by atoms with E-state index in [-0.39, 0.29) is 37.4 Å². The number of hydrogen-bond acceptors (Lipinski definition) is 5. The third kappa shape index (κ3) is 4.95. The fraction of sp³-hybridized carbons (Fsp3) is 0.450. The van der Waals surface area contributed by atoms with E-state index in [1.807, 2.05) is 23.1 Å². The summed E-state index contributed by atoms with van der Waals surface area (Å²) in [5.41, 5.74) is 0.765. The van der Waals surface area contributed by atoms with Gasteiger partial charge in [-0.2, -0.15) is 0 Å². The molecule has 0 saturated carbocycles. The Kier molecular flexibility index (Phi) is 7.51. The minimum absolute atomic E-state index is 0.0160. The van der Waals surface area contributed by atoms with Crippen LogP contribution in [-0.2, 0) is 9.59 Å². The molecule has 2 saturated heterocycles. The average molecular weight is 439 g/mol. The van der Waals surface area contributed by atoms with Gasteiger partial charge in [0.2, 0.25) is 5.91 Å². The molecule has 2 heterocycles. The molecule has 2 aliphatic rings. The molecule has 0 bridgehead atoms. The molecular formula is C20H23ClN2O3S2. The summed E-state index contributed by atoms with van der Waals surface area (Å²) in [7, 11) is 0. The van der Waals surface area contributed by atoms with Gasteiger partial charge in [0.25, 0.3) is 5.91 Å². The largest absolute Gasteiger partial charge is 0.396 e. The summed E-state index contributed by atoms with van der Waals surface area (Å²) < 4.78 is 0.460. The molecule has 28 heavy (non-hydrogen) atoms. The van der Waals surface area contributed by atoms with Crippen molar-refractivity contribution in [3.05, 3.63) is 39.8 Å². The van der Waals surface area contributed by atoms with E-state index in [9.17, 15) is 14.7 Å². The van der Waals surface area contributed by atoms with Gasteiger partial charge >= 0.3 is 0 Å². The molecule has 2 aliphatic heterocycles. The zero-order valence-corrected chi connectivity index (χ0v) is 17.9. The lowest BCUT2D eigenvalue weighted by molar-refractivity contribution is -0.135. The van der Waals surface area contributed by atoms with E-state index in [0.29, 0.717) is 27.2 Å². The zero-order valence-electron chi connectivity index (χ0n) is 15.5. The molecule has 0 spiro atoms. The molecule has 2 fully saturated rings. The maximum atomic E-state index is 12.7. The van der Waals surface area contributed by atoms with E-state index in [2.05, 4.69) is 0 Å². The van der Waals surface area contributed by atoms with Crippen molar-refractivity contribution in [3.63, 3.8) is 0 Å². The molecule has 2 amide bonds. The zero-order chi connectivity index (χ0) is 20.1. The highest BCUT2D eigenvalue weighted by molar-refractivity contribution is 8.26. The second kappa shape index (κ2) is 9.87. The summed E-state index contributed by atoms with van der Waals surface area (Å²) in [6, 6.07) is 7.40. The third-order valence-electron chi connectivity index (χ3n) is 5.02. The highest BCUT2D eigenvalue weighted by atomic mass is 35.5. The van der Waals surface area contributed by atoms with Crippen LogP contribution in [0.3, 0.4) is 0 Å². The predicted molar refractivity (Wildman–Crippen MR) is 117 cm³/mol. The van der Waals surface area contributed by atoms with Crippen LogP contribution < -0.4 is 0 Å². The first-order valence-corrected chi connectivity index (χ1v) is 11.0. The van der Waals surface area contributed by atoms with Gasteiger partial charge in [-0.3, -0.25) is 14.5 Å². The fourth-order valence-electron chi connectivity index (χ4n) is 3.56. The van der Waals surface area contributed by atoms with Gasteiger partial charge in [0, 0.05) is 37.2 Å². The van der Waals surface area contributed by atoms with Gasteiger partial charge in [0.15, 0.2) is 0 Å². The van der Waals surface area contributed by atoms with Gasteiger partial charge in [-0.05, 0) is 43.4 Å². The number of halogens is 1. The third-order valence-corrected chi connectivity index (χ3v) is 6.75. The molecule has 0 unspecified atom stereocenters. The van der Waals surface area contributed by atoms with E-state index in [4.69, 9.17) is 23.8 Å². The van der Waals surface area contributed by atoms with Crippen LogP contribution in [0, 0.1) is 0 Å². The van der Waals surface area contributed by atoms with Crippen LogP contribution in [0.4, 0.5) is 0 Å². The van der Waals surface area contributed by atoms with Crippen LogP contribution in [0.2, 0.25) is 5.02 Å². The quantitative estimate of drug-likeness (QED) is 0.542. The minimum Gasteiger partial charge on any atom is -0.396 e. The van der Waals surface area contributed by atoms with Gasteiger partial charge in [0.05, 0.1) is 4.91 Å². The van der Waals surface area contributed by atoms with Crippen LogP contribution in [0.15, 0.2) is 29.2 Å². The Balaban J connectivity index is 1.63. The topological polar surface area (TPSA) is 60.9 Å². The second-order valence-electron chi connectivity index (χ2n) is 6.85. The number of rotatable bonds is 6. The Bertz CT molecular complexity index is 797. The standard InChI is InChI=1S/C20H23ClN2O3S2/c21-16-7-2-1-5-14(16)13-17-19(26)23(20(27)28-17)11-8-18(25)22-10-4-3-6-15(22)9-12-24/h1-2,5,7,13,15,24H,3-4,6,8-12H2/b17-13-/t15-/m1/s1. The summed E-state index contributed by atoms with van der Waals surface area (Å²) in [6.45, 7) is 1.07. The summed E-state index contributed by atoms with van der Waals surface area (Å²) in [5, 5.41) is 9.81. The molecule has 3 rings (SSSR count). The van der Waals surface area contributed by atoms with E-state index in [0.717, 1.165) is 24.8 Å². The Hall–Kier alpha value is -1.41. The Labute approximate surface area is 179 Å². The number of thiocarbonyl (C=S) groups is 1. The highest BCUT2D eigenvalue weighted by Gasteiger charge is 2.33. The van der Waals surface area contributed by atoms with Crippen molar-refractivity contribution < 1.29 is 14.7 Å². The number of thioether (sulfide) groups is 1. The fourth-order valence-corrected chi connectivity index (χ4v) is 5.05. The number of likely N-dealkylation sites (tertiary alicyclic amines) is 1. The van der Waals surface area contributed by atoms with Crippen LogP contribution in [-0.4, -0.2) is 56.8 Å². The van der Waals surface area contributed by atoms with Crippen molar-refractivity contribution in [3.8, 4) is 0 Å². The lowest BCUT2D eigenvalue weighted by Crippen LogP contribution is -2.45. The number of carbonyl (C=O) groups excluding carboxylic acids is 2.